The fourth-order valence-corrected chi connectivity index (χ4v) is 5.33. The summed E-state index contributed by atoms with van der Waals surface area (Å²) in [4.78, 5) is 37.2. The third-order valence-corrected chi connectivity index (χ3v) is 7.96. The Labute approximate surface area is 259 Å². The van der Waals surface area contributed by atoms with Gasteiger partial charge in [-0.1, -0.05) is 48.1 Å². The van der Waals surface area contributed by atoms with E-state index >= 15 is 0 Å². The molecule has 3 amide bonds. The number of amides is 3. The summed E-state index contributed by atoms with van der Waals surface area (Å²) >= 11 is 0. The Morgan fingerprint density at radius 2 is 1.86 bits per heavy atom. The van der Waals surface area contributed by atoms with Crippen LogP contribution in [0.15, 0.2) is 89.3 Å². The Hall–Kier alpha value is -4.41. The molecule has 3 N–H and O–H groups in total. The van der Waals surface area contributed by atoms with Gasteiger partial charge in [0.2, 0.25) is 5.90 Å². The predicted molar refractivity (Wildman–Crippen MR) is 173 cm³/mol. The minimum absolute atomic E-state index is 0.110. The number of rotatable bonds is 10. The van der Waals surface area contributed by atoms with Gasteiger partial charge < -0.3 is 35.2 Å². The first-order valence-electron chi connectivity index (χ1n) is 15.3. The second kappa shape index (κ2) is 15.4. The molecule has 2 aromatic rings. The average Bonchev–Trinajstić information content (AvgIpc) is 3.03. The lowest BCUT2D eigenvalue weighted by Crippen LogP contribution is -2.45. The molecule has 10 heteroatoms. The summed E-state index contributed by atoms with van der Waals surface area (Å²) in [6.07, 6.45) is 11.3. The van der Waals surface area contributed by atoms with Gasteiger partial charge in [-0.05, 0) is 62.7 Å². The number of ether oxygens (including phenoxy) is 2. The van der Waals surface area contributed by atoms with Crippen LogP contribution in [-0.2, 0) is 16.0 Å². The Kier molecular flexibility index (Phi) is 10.8. The summed E-state index contributed by atoms with van der Waals surface area (Å²) in [5, 5.41) is 2.85. The molecule has 2 aliphatic heterocycles. The van der Waals surface area contributed by atoms with Crippen molar-refractivity contribution >= 4 is 29.2 Å². The molecule has 0 atom stereocenters. The minimum atomic E-state index is -0.371. The van der Waals surface area contributed by atoms with Crippen molar-refractivity contribution in [2.24, 2.45) is 4.99 Å². The van der Waals surface area contributed by atoms with Crippen LogP contribution < -0.4 is 11.1 Å². The number of allylic oxidation sites excluding steroid dienone is 4. The zero-order valence-corrected chi connectivity index (χ0v) is 25.4. The first-order chi connectivity index (χ1) is 21.4. The number of anilines is 2. The number of nitrogens with two attached hydrogens (primary N) is 1. The molecule has 0 radical (unpaired) electrons. The highest BCUT2D eigenvalue weighted by Crippen LogP contribution is 2.23. The third kappa shape index (κ3) is 9.05. The highest BCUT2D eigenvalue weighted by molar-refractivity contribution is 6.05. The van der Waals surface area contributed by atoms with Crippen molar-refractivity contribution in [2.45, 2.75) is 32.2 Å². The Morgan fingerprint density at radius 1 is 1.07 bits per heavy atom. The van der Waals surface area contributed by atoms with Gasteiger partial charge in [0.15, 0.2) is 6.61 Å². The van der Waals surface area contributed by atoms with Gasteiger partial charge in [0, 0.05) is 51.3 Å². The lowest BCUT2D eigenvalue weighted by Gasteiger charge is -2.32. The number of urea groups is 1. The van der Waals surface area contributed by atoms with Gasteiger partial charge >= 0.3 is 6.03 Å². The van der Waals surface area contributed by atoms with Crippen molar-refractivity contribution in [3.63, 3.8) is 0 Å². The van der Waals surface area contributed by atoms with Crippen molar-refractivity contribution < 1.29 is 19.1 Å². The minimum Gasteiger partial charge on any atom is -0.488 e. The van der Waals surface area contributed by atoms with E-state index in [0.717, 1.165) is 57.5 Å². The molecular formula is C34H42N6O4. The van der Waals surface area contributed by atoms with Crippen molar-refractivity contribution in [1.29, 1.82) is 0 Å². The number of hydrogen-bond donors (Lipinski definition) is 2. The fraction of sp³-hybridized carbons (Fsp3) is 0.382. The van der Waals surface area contributed by atoms with E-state index in [2.05, 4.69) is 45.4 Å². The molecule has 1 fully saturated rings. The maximum Gasteiger partial charge on any atom is 0.346 e. The second-order valence-corrected chi connectivity index (χ2v) is 11.4. The van der Waals surface area contributed by atoms with Gasteiger partial charge in [-0.15, -0.1) is 0 Å². The Balaban J connectivity index is 1.23. The number of nitrogens with zero attached hydrogens (tertiary/aromatic N) is 4. The molecular weight excluding hydrogens is 556 g/mol. The van der Waals surface area contributed by atoms with Crippen molar-refractivity contribution in [2.75, 3.05) is 64.0 Å². The smallest absolute Gasteiger partial charge is 0.346 e. The van der Waals surface area contributed by atoms with E-state index in [9.17, 15) is 9.59 Å². The maximum atomic E-state index is 13.5. The number of benzene rings is 2. The molecule has 0 unspecified atom stereocenters. The molecule has 1 aliphatic carbocycles. The number of para-hydroxylation sites is 2. The molecule has 0 spiro atoms. The number of carbonyl (C=O) groups is 2. The van der Waals surface area contributed by atoms with Crippen molar-refractivity contribution in [3.8, 4) is 0 Å². The molecule has 2 heterocycles. The van der Waals surface area contributed by atoms with Gasteiger partial charge in [0.05, 0.1) is 11.4 Å². The van der Waals surface area contributed by atoms with Crippen LogP contribution in [0.25, 0.3) is 0 Å². The maximum absolute atomic E-state index is 13.5. The van der Waals surface area contributed by atoms with E-state index in [-0.39, 0.29) is 24.4 Å². The van der Waals surface area contributed by atoms with Crippen LogP contribution in [0, 0.1) is 0 Å². The largest absolute Gasteiger partial charge is 0.488 e. The normalized spacial score (nSPS) is 18.2. The van der Waals surface area contributed by atoms with Crippen LogP contribution >= 0.6 is 0 Å². The van der Waals surface area contributed by atoms with E-state index < -0.39 is 0 Å². The molecule has 3 aliphatic rings. The van der Waals surface area contributed by atoms with Gasteiger partial charge in [-0.3, -0.25) is 4.79 Å². The number of nitrogen functional groups attached to an aromatic ring is 1. The van der Waals surface area contributed by atoms with Crippen LogP contribution in [0.2, 0.25) is 0 Å². The van der Waals surface area contributed by atoms with E-state index in [4.69, 9.17) is 15.2 Å². The average molecular weight is 599 g/mol. The third-order valence-electron chi connectivity index (χ3n) is 7.96. The van der Waals surface area contributed by atoms with E-state index in [1.807, 2.05) is 24.3 Å². The highest BCUT2D eigenvalue weighted by Gasteiger charge is 2.21. The lowest BCUT2D eigenvalue weighted by molar-refractivity contribution is 0.102. The van der Waals surface area contributed by atoms with Crippen LogP contribution in [-0.4, -0.2) is 85.5 Å². The van der Waals surface area contributed by atoms with Crippen LogP contribution in [0.5, 0.6) is 0 Å². The summed E-state index contributed by atoms with van der Waals surface area (Å²) in [6.45, 7) is 6.07. The van der Waals surface area contributed by atoms with Gasteiger partial charge in [-0.25, -0.2) is 4.79 Å². The first-order valence-corrected chi connectivity index (χ1v) is 15.3. The molecule has 2 aromatic carbocycles. The molecule has 1 saturated heterocycles. The molecule has 10 nitrogen and oxygen atoms in total. The van der Waals surface area contributed by atoms with Crippen LogP contribution in [0.3, 0.4) is 0 Å². The second-order valence-electron chi connectivity index (χ2n) is 11.4. The number of piperazine rings is 1. The van der Waals surface area contributed by atoms with E-state index in [1.165, 1.54) is 5.57 Å². The standard InChI is InChI=1S/C34H42N6O4/c1-38-18-20-39(21-19-38)16-7-17-40(34(42)37-32-25-43-24-29(44-32)22-26-8-3-2-4-9-26)23-27-12-14-28(15-13-27)33(41)36-31-11-6-5-10-30(31)35/h2-3,5-6,8,10-15,24H,4,7,9,16-23,25,35H2,1H3,(H,36,41). The highest BCUT2D eigenvalue weighted by atomic mass is 16.6. The topological polar surface area (TPSA) is 113 Å². The number of likely N-dealkylation sites (N-methyl/N-ethyl adjacent to an activating group) is 1. The summed E-state index contributed by atoms with van der Waals surface area (Å²) in [6, 6.07) is 14.0. The van der Waals surface area contributed by atoms with Crippen LogP contribution in [0.4, 0.5) is 16.2 Å². The molecule has 0 bridgehead atoms. The zero-order valence-electron chi connectivity index (χ0n) is 25.4. The SMILES string of the molecule is CN1CCN(CCCN(Cc2ccc(C(=O)Nc3ccccc3N)cc2)C(=O)N=C2COC=C(CC3=CC=CCC3)O2)CC1. The summed E-state index contributed by atoms with van der Waals surface area (Å²) in [7, 11) is 2.14. The van der Waals surface area contributed by atoms with Crippen molar-refractivity contribution in [1.82, 2.24) is 14.7 Å². The summed E-state index contributed by atoms with van der Waals surface area (Å²) in [5.41, 5.74) is 9.69. The van der Waals surface area contributed by atoms with Crippen LogP contribution in [0.1, 0.15) is 41.6 Å². The Morgan fingerprint density at radius 3 is 2.61 bits per heavy atom. The number of carbonyl (C=O) groups excluding carboxylic acids is 2. The summed E-state index contributed by atoms with van der Waals surface area (Å²) in [5.74, 6) is 0.659. The molecule has 232 valence electrons. The molecule has 0 aromatic heterocycles. The molecule has 44 heavy (non-hydrogen) atoms. The lowest BCUT2D eigenvalue weighted by atomic mass is 10.0. The zero-order chi connectivity index (χ0) is 30.7. The van der Waals surface area contributed by atoms with E-state index in [0.29, 0.717) is 42.2 Å². The van der Waals surface area contributed by atoms with Crippen molar-refractivity contribution in [3.05, 3.63) is 95.5 Å². The summed E-state index contributed by atoms with van der Waals surface area (Å²) < 4.78 is 11.6. The van der Waals surface area contributed by atoms with Gasteiger partial charge in [0.1, 0.15) is 12.0 Å². The number of nitrogens with one attached hydrogen (secondary N) is 1. The number of aliphatic imine (C=N–C) groups is 1. The first kappa shape index (κ1) is 31.0. The molecule has 0 saturated carbocycles. The quantitative estimate of drug-likeness (QED) is 0.369. The number of hydrogen-bond acceptors (Lipinski definition) is 7. The van der Waals surface area contributed by atoms with Gasteiger partial charge in [0.25, 0.3) is 5.91 Å². The predicted octanol–water partition coefficient (Wildman–Crippen LogP) is 5.03. The molecule has 5 rings (SSSR count). The Bertz CT molecular complexity index is 1420. The fourth-order valence-electron chi connectivity index (χ4n) is 5.33. The monoisotopic (exact) mass is 598 g/mol. The van der Waals surface area contributed by atoms with Gasteiger partial charge in [-0.2, -0.15) is 4.99 Å². The van der Waals surface area contributed by atoms with E-state index in [1.54, 1.807) is 35.4 Å².